The second-order valence-corrected chi connectivity index (χ2v) is 4.98. The van der Waals surface area contributed by atoms with E-state index in [9.17, 15) is 4.79 Å². The van der Waals surface area contributed by atoms with E-state index >= 15 is 0 Å². The van der Waals surface area contributed by atoms with Gasteiger partial charge in [0.2, 0.25) is 0 Å². The highest BCUT2D eigenvalue weighted by atomic mass is 16.5. The fourth-order valence-electron chi connectivity index (χ4n) is 1.80. The van der Waals surface area contributed by atoms with Gasteiger partial charge in [-0.3, -0.25) is 0 Å². The zero-order valence-corrected chi connectivity index (χ0v) is 12.5. The Hall–Kier alpha value is -2.43. The van der Waals surface area contributed by atoms with Crippen LogP contribution in [0, 0.1) is 6.92 Å². The van der Waals surface area contributed by atoms with Crippen LogP contribution in [0.1, 0.15) is 35.7 Å². The molecule has 0 saturated heterocycles. The Morgan fingerprint density at radius 3 is 2.57 bits per heavy atom. The Bertz CT molecular complexity index is 609. The summed E-state index contributed by atoms with van der Waals surface area (Å²) >= 11 is 0. The van der Waals surface area contributed by atoms with Gasteiger partial charge in [-0.25, -0.2) is 14.8 Å². The predicted octanol–water partition coefficient (Wildman–Crippen LogP) is 2.96. The van der Waals surface area contributed by atoms with E-state index in [-0.39, 0.29) is 12.1 Å². The van der Waals surface area contributed by atoms with Gasteiger partial charge in [0.15, 0.2) is 0 Å². The summed E-state index contributed by atoms with van der Waals surface area (Å²) in [4.78, 5) is 20.1. The summed E-state index contributed by atoms with van der Waals surface area (Å²) in [5, 5.41) is 3.25. The number of aromatic nitrogens is 2. The van der Waals surface area contributed by atoms with Gasteiger partial charge in [0.1, 0.15) is 5.82 Å². The summed E-state index contributed by atoms with van der Waals surface area (Å²) in [5.74, 6) is 0.448. The SMILES string of the molecule is Cc1nccc(CNc2ccc(C(=O)OC(C)C)cc2)n1. The molecule has 0 aliphatic heterocycles. The number of benzene rings is 1. The molecule has 0 amide bonds. The Balaban J connectivity index is 1.95. The minimum Gasteiger partial charge on any atom is -0.459 e. The lowest BCUT2D eigenvalue weighted by atomic mass is 10.2. The molecule has 110 valence electrons. The topological polar surface area (TPSA) is 64.1 Å². The molecule has 0 unspecified atom stereocenters. The summed E-state index contributed by atoms with van der Waals surface area (Å²) in [5.41, 5.74) is 2.39. The first-order valence-corrected chi connectivity index (χ1v) is 6.88. The molecule has 5 nitrogen and oxygen atoms in total. The van der Waals surface area contributed by atoms with Crippen LogP contribution in [0.4, 0.5) is 5.69 Å². The maximum Gasteiger partial charge on any atom is 0.338 e. The number of carbonyl (C=O) groups is 1. The third-order valence-electron chi connectivity index (χ3n) is 2.77. The third-order valence-corrected chi connectivity index (χ3v) is 2.77. The number of anilines is 1. The number of carbonyl (C=O) groups excluding carboxylic acids is 1. The molecule has 1 heterocycles. The summed E-state index contributed by atoms with van der Waals surface area (Å²) in [6, 6.07) is 9.07. The van der Waals surface area contributed by atoms with Crippen molar-refractivity contribution >= 4 is 11.7 Å². The van der Waals surface area contributed by atoms with Gasteiger partial charge in [-0.1, -0.05) is 0 Å². The average Bonchev–Trinajstić information content (AvgIpc) is 2.45. The van der Waals surface area contributed by atoms with Crippen LogP contribution in [0.3, 0.4) is 0 Å². The van der Waals surface area contributed by atoms with Crippen LogP contribution in [0.15, 0.2) is 36.5 Å². The minimum atomic E-state index is -0.303. The van der Waals surface area contributed by atoms with Gasteiger partial charge in [-0.15, -0.1) is 0 Å². The van der Waals surface area contributed by atoms with Crippen LogP contribution in [-0.2, 0) is 11.3 Å². The second-order valence-electron chi connectivity index (χ2n) is 4.98. The van der Waals surface area contributed by atoms with Crippen molar-refractivity contribution in [1.82, 2.24) is 9.97 Å². The minimum absolute atomic E-state index is 0.115. The lowest BCUT2D eigenvalue weighted by Gasteiger charge is -2.09. The van der Waals surface area contributed by atoms with E-state index in [1.807, 2.05) is 39.0 Å². The number of aryl methyl sites for hydroxylation is 1. The normalized spacial score (nSPS) is 10.5. The number of nitrogens with zero attached hydrogens (tertiary/aromatic N) is 2. The van der Waals surface area contributed by atoms with Crippen molar-refractivity contribution < 1.29 is 9.53 Å². The maximum absolute atomic E-state index is 11.7. The molecule has 5 heteroatoms. The molecule has 0 aliphatic rings. The number of nitrogens with one attached hydrogen (secondary N) is 1. The number of ether oxygens (including phenoxy) is 1. The molecular weight excluding hydrogens is 266 g/mol. The molecule has 0 spiro atoms. The van der Waals surface area contributed by atoms with Crippen molar-refractivity contribution in [3.05, 3.63) is 53.6 Å². The first-order valence-electron chi connectivity index (χ1n) is 6.88. The van der Waals surface area contributed by atoms with Gasteiger partial charge >= 0.3 is 5.97 Å². The molecule has 0 aliphatic carbocycles. The van der Waals surface area contributed by atoms with Crippen LogP contribution in [-0.4, -0.2) is 22.0 Å². The number of hydrogen-bond acceptors (Lipinski definition) is 5. The summed E-state index contributed by atoms with van der Waals surface area (Å²) in [6.45, 7) is 6.13. The van der Waals surface area contributed by atoms with Gasteiger partial charge < -0.3 is 10.1 Å². The van der Waals surface area contributed by atoms with Crippen molar-refractivity contribution in [3.8, 4) is 0 Å². The molecule has 1 N–H and O–H groups in total. The van der Waals surface area contributed by atoms with Crippen LogP contribution in [0.5, 0.6) is 0 Å². The molecule has 0 bridgehead atoms. The highest BCUT2D eigenvalue weighted by molar-refractivity contribution is 5.89. The quantitative estimate of drug-likeness (QED) is 0.856. The van der Waals surface area contributed by atoms with Gasteiger partial charge in [0, 0.05) is 11.9 Å². The standard InChI is InChI=1S/C16H19N3O2/c1-11(2)21-16(20)13-4-6-14(7-5-13)18-10-15-8-9-17-12(3)19-15/h4-9,11,18H,10H2,1-3H3. The first-order chi connectivity index (χ1) is 10.0. The Kier molecular flexibility index (Phi) is 4.87. The molecule has 0 saturated carbocycles. The van der Waals surface area contributed by atoms with Crippen LogP contribution >= 0.6 is 0 Å². The monoisotopic (exact) mass is 285 g/mol. The Morgan fingerprint density at radius 1 is 1.24 bits per heavy atom. The lowest BCUT2D eigenvalue weighted by molar-refractivity contribution is 0.0378. The molecule has 2 aromatic rings. The molecule has 2 rings (SSSR count). The van der Waals surface area contributed by atoms with E-state index in [0.29, 0.717) is 12.1 Å². The predicted molar refractivity (Wildman–Crippen MR) is 81.1 cm³/mol. The summed E-state index contributed by atoms with van der Waals surface area (Å²) in [6.07, 6.45) is 1.63. The first kappa shape index (κ1) is 15.0. The van der Waals surface area contributed by atoms with Crippen molar-refractivity contribution in [1.29, 1.82) is 0 Å². The number of rotatable bonds is 5. The van der Waals surface area contributed by atoms with Crippen LogP contribution in [0.2, 0.25) is 0 Å². The van der Waals surface area contributed by atoms with Gasteiger partial charge in [0.25, 0.3) is 0 Å². The summed E-state index contributed by atoms with van der Waals surface area (Å²) in [7, 11) is 0. The van der Waals surface area contributed by atoms with Crippen LogP contribution < -0.4 is 5.32 Å². The zero-order valence-electron chi connectivity index (χ0n) is 12.5. The van der Waals surface area contributed by atoms with E-state index in [2.05, 4.69) is 15.3 Å². The smallest absolute Gasteiger partial charge is 0.338 e. The second kappa shape index (κ2) is 6.83. The molecule has 0 atom stereocenters. The largest absolute Gasteiger partial charge is 0.459 e. The van der Waals surface area contributed by atoms with E-state index < -0.39 is 0 Å². The fraction of sp³-hybridized carbons (Fsp3) is 0.312. The van der Waals surface area contributed by atoms with Crippen molar-refractivity contribution in [3.63, 3.8) is 0 Å². The Labute approximate surface area is 124 Å². The summed E-state index contributed by atoms with van der Waals surface area (Å²) < 4.78 is 5.14. The highest BCUT2D eigenvalue weighted by Gasteiger charge is 2.08. The molecular formula is C16H19N3O2. The highest BCUT2D eigenvalue weighted by Crippen LogP contribution is 2.12. The average molecular weight is 285 g/mol. The van der Waals surface area contributed by atoms with Crippen molar-refractivity contribution in [2.45, 2.75) is 33.4 Å². The van der Waals surface area contributed by atoms with Gasteiger partial charge in [-0.2, -0.15) is 0 Å². The van der Waals surface area contributed by atoms with Crippen LogP contribution in [0.25, 0.3) is 0 Å². The lowest BCUT2D eigenvalue weighted by Crippen LogP contribution is -2.11. The Morgan fingerprint density at radius 2 is 1.95 bits per heavy atom. The van der Waals surface area contributed by atoms with E-state index in [1.54, 1.807) is 18.3 Å². The van der Waals surface area contributed by atoms with E-state index in [0.717, 1.165) is 17.2 Å². The number of hydrogen-bond donors (Lipinski definition) is 1. The molecule has 1 aromatic carbocycles. The molecule has 1 aromatic heterocycles. The third kappa shape index (κ3) is 4.56. The van der Waals surface area contributed by atoms with Gasteiger partial charge in [-0.05, 0) is 51.1 Å². The molecule has 0 fully saturated rings. The van der Waals surface area contributed by atoms with Gasteiger partial charge in [0.05, 0.1) is 23.9 Å². The fourth-order valence-corrected chi connectivity index (χ4v) is 1.80. The molecule has 21 heavy (non-hydrogen) atoms. The molecule has 0 radical (unpaired) electrons. The van der Waals surface area contributed by atoms with Crippen molar-refractivity contribution in [2.24, 2.45) is 0 Å². The van der Waals surface area contributed by atoms with E-state index in [4.69, 9.17) is 4.74 Å². The van der Waals surface area contributed by atoms with Crippen molar-refractivity contribution in [2.75, 3.05) is 5.32 Å². The number of esters is 1. The maximum atomic E-state index is 11.7. The zero-order chi connectivity index (χ0) is 15.2. The van der Waals surface area contributed by atoms with E-state index in [1.165, 1.54) is 0 Å².